The van der Waals surface area contributed by atoms with Crippen LogP contribution in [0.2, 0.25) is 0 Å². The molecule has 0 aromatic heterocycles. The van der Waals surface area contributed by atoms with E-state index in [9.17, 15) is 0 Å². The van der Waals surface area contributed by atoms with E-state index in [2.05, 4.69) is 57.3 Å². The molecule has 1 N–H and O–H groups in total. The molecule has 0 bridgehead atoms. The molecule has 0 radical (unpaired) electrons. The van der Waals surface area contributed by atoms with E-state index in [1.54, 1.807) is 0 Å². The van der Waals surface area contributed by atoms with E-state index in [0.29, 0.717) is 6.04 Å². The minimum atomic E-state index is 0.441. The number of nitrogens with one attached hydrogen (secondary N) is 1. The van der Waals surface area contributed by atoms with Crippen molar-refractivity contribution in [3.8, 4) is 0 Å². The fraction of sp³-hybridized carbons (Fsp3) is 0.600. The number of hydrogen-bond acceptors (Lipinski definition) is 2. The summed E-state index contributed by atoms with van der Waals surface area (Å²) in [6, 6.07) is 9.02. The molecule has 1 atom stereocenters. The number of nitrogens with zero attached hydrogens (tertiary/aromatic N) is 1. The minimum Gasteiger partial charge on any atom is -0.310 e. The minimum absolute atomic E-state index is 0.441. The van der Waals surface area contributed by atoms with Crippen molar-refractivity contribution in [1.29, 1.82) is 0 Å². The molecular formula is C15H23BrN2. The Morgan fingerprint density at radius 1 is 1.22 bits per heavy atom. The first-order valence-corrected chi connectivity index (χ1v) is 7.76. The second-order valence-corrected chi connectivity index (χ2v) is 6.05. The van der Waals surface area contributed by atoms with Crippen LogP contribution in [0.5, 0.6) is 0 Å². The van der Waals surface area contributed by atoms with Gasteiger partial charge in [0.05, 0.1) is 0 Å². The molecule has 18 heavy (non-hydrogen) atoms. The van der Waals surface area contributed by atoms with Crippen LogP contribution in [0.3, 0.4) is 0 Å². The summed E-state index contributed by atoms with van der Waals surface area (Å²) >= 11 is 3.47. The smallest absolute Gasteiger partial charge is 0.0291 e. The maximum atomic E-state index is 3.60. The van der Waals surface area contributed by atoms with Crippen LogP contribution in [0, 0.1) is 0 Å². The molecule has 0 aliphatic carbocycles. The van der Waals surface area contributed by atoms with Gasteiger partial charge in [-0.2, -0.15) is 0 Å². The molecular weight excluding hydrogens is 288 g/mol. The maximum absolute atomic E-state index is 3.60. The first-order valence-electron chi connectivity index (χ1n) is 6.97. The third-order valence-electron chi connectivity index (χ3n) is 3.67. The third-order valence-corrected chi connectivity index (χ3v) is 4.20. The lowest BCUT2D eigenvalue weighted by atomic mass is 10.1. The second-order valence-electron chi connectivity index (χ2n) is 5.13. The molecule has 1 aromatic carbocycles. The largest absolute Gasteiger partial charge is 0.310 e. The molecule has 0 spiro atoms. The predicted molar refractivity (Wildman–Crippen MR) is 80.9 cm³/mol. The first kappa shape index (κ1) is 14.0. The summed E-state index contributed by atoms with van der Waals surface area (Å²) in [6.07, 6.45) is 4.03. The van der Waals surface area contributed by atoms with E-state index in [1.807, 2.05) is 0 Å². The number of halogens is 1. The van der Waals surface area contributed by atoms with Gasteiger partial charge in [-0.1, -0.05) is 28.1 Å². The maximum Gasteiger partial charge on any atom is 0.0291 e. The van der Waals surface area contributed by atoms with Crippen LogP contribution >= 0.6 is 15.9 Å². The Bertz CT molecular complexity index is 344. The number of rotatable bonds is 6. The van der Waals surface area contributed by atoms with E-state index in [-0.39, 0.29) is 0 Å². The van der Waals surface area contributed by atoms with Gasteiger partial charge in [0.15, 0.2) is 0 Å². The summed E-state index contributed by atoms with van der Waals surface area (Å²) in [5, 5.41) is 3.60. The highest BCUT2D eigenvalue weighted by atomic mass is 79.9. The second kappa shape index (κ2) is 7.27. The van der Waals surface area contributed by atoms with Crippen molar-refractivity contribution in [3.63, 3.8) is 0 Å². The Balaban J connectivity index is 1.64. The summed E-state index contributed by atoms with van der Waals surface area (Å²) in [4.78, 5) is 2.58. The molecule has 2 nitrogen and oxygen atoms in total. The monoisotopic (exact) mass is 310 g/mol. The summed E-state index contributed by atoms with van der Waals surface area (Å²) < 4.78 is 1.15. The van der Waals surface area contributed by atoms with Crippen LogP contribution < -0.4 is 5.32 Å². The van der Waals surface area contributed by atoms with Gasteiger partial charge in [0.2, 0.25) is 0 Å². The Hall–Kier alpha value is -0.380. The Labute approximate surface area is 119 Å². The number of likely N-dealkylation sites (tertiary alicyclic amines) is 1. The van der Waals surface area contributed by atoms with Gasteiger partial charge in [-0.15, -0.1) is 0 Å². The van der Waals surface area contributed by atoms with Gasteiger partial charge in [-0.3, -0.25) is 0 Å². The van der Waals surface area contributed by atoms with Gasteiger partial charge in [-0.25, -0.2) is 0 Å². The zero-order chi connectivity index (χ0) is 12.8. The quantitative estimate of drug-likeness (QED) is 0.808. The molecule has 1 heterocycles. The normalized spacial score (nSPS) is 18.1. The molecule has 100 valence electrons. The lowest BCUT2D eigenvalue weighted by Crippen LogP contribution is -2.26. The molecule has 1 saturated heterocycles. The zero-order valence-corrected chi connectivity index (χ0v) is 12.7. The topological polar surface area (TPSA) is 15.3 Å². The molecule has 0 saturated carbocycles. The van der Waals surface area contributed by atoms with E-state index >= 15 is 0 Å². The zero-order valence-electron chi connectivity index (χ0n) is 11.2. The van der Waals surface area contributed by atoms with E-state index in [4.69, 9.17) is 0 Å². The van der Waals surface area contributed by atoms with Crippen molar-refractivity contribution in [1.82, 2.24) is 10.2 Å². The summed E-state index contributed by atoms with van der Waals surface area (Å²) in [5.41, 5.74) is 1.36. The first-order chi connectivity index (χ1) is 8.75. The van der Waals surface area contributed by atoms with Crippen LogP contribution in [0.4, 0.5) is 0 Å². The van der Waals surface area contributed by atoms with Crippen molar-refractivity contribution in [2.75, 3.05) is 26.2 Å². The fourth-order valence-corrected chi connectivity index (χ4v) is 2.76. The molecule has 0 unspecified atom stereocenters. The third kappa shape index (κ3) is 4.38. The van der Waals surface area contributed by atoms with E-state index in [0.717, 1.165) is 11.0 Å². The van der Waals surface area contributed by atoms with Crippen molar-refractivity contribution < 1.29 is 0 Å². The lowest BCUT2D eigenvalue weighted by molar-refractivity contribution is 0.328. The summed E-state index contributed by atoms with van der Waals surface area (Å²) in [5.74, 6) is 0. The molecule has 3 heteroatoms. The van der Waals surface area contributed by atoms with Crippen molar-refractivity contribution in [2.24, 2.45) is 0 Å². The highest BCUT2D eigenvalue weighted by molar-refractivity contribution is 9.10. The summed E-state index contributed by atoms with van der Waals surface area (Å²) in [7, 11) is 0. The summed E-state index contributed by atoms with van der Waals surface area (Å²) in [6.45, 7) is 7.21. The average molecular weight is 311 g/mol. The van der Waals surface area contributed by atoms with Crippen LogP contribution in [0.25, 0.3) is 0 Å². The molecule has 0 amide bonds. The average Bonchev–Trinajstić information content (AvgIpc) is 2.88. The highest BCUT2D eigenvalue weighted by Gasteiger charge is 2.10. The van der Waals surface area contributed by atoms with Gasteiger partial charge in [0.1, 0.15) is 0 Å². The molecule has 1 fully saturated rings. The van der Waals surface area contributed by atoms with Gasteiger partial charge < -0.3 is 10.2 Å². The van der Waals surface area contributed by atoms with Gasteiger partial charge in [-0.05, 0) is 70.1 Å². The van der Waals surface area contributed by atoms with E-state index in [1.165, 1.54) is 44.5 Å². The molecule has 1 aliphatic rings. The predicted octanol–water partition coefficient (Wildman–Crippen LogP) is 3.59. The fourth-order valence-electron chi connectivity index (χ4n) is 2.50. The van der Waals surface area contributed by atoms with E-state index < -0.39 is 0 Å². The Kier molecular flexibility index (Phi) is 5.67. The van der Waals surface area contributed by atoms with Gasteiger partial charge in [0, 0.05) is 10.5 Å². The highest BCUT2D eigenvalue weighted by Crippen LogP contribution is 2.16. The van der Waals surface area contributed by atoms with Crippen LogP contribution in [0.15, 0.2) is 28.7 Å². The Morgan fingerprint density at radius 2 is 1.89 bits per heavy atom. The van der Waals surface area contributed by atoms with Gasteiger partial charge in [0.25, 0.3) is 0 Å². The van der Waals surface area contributed by atoms with Crippen LogP contribution in [-0.2, 0) is 0 Å². The van der Waals surface area contributed by atoms with Crippen molar-refractivity contribution in [2.45, 2.75) is 32.2 Å². The lowest BCUT2D eigenvalue weighted by Gasteiger charge is -2.17. The molecule has 1 aliphatic heterocycles. The Morgan fingerprint density at radius 3 is 2.56 bits per heavy atom. The SMILES string of the molecule is C[C@@H](NCCCN1CCCC1)c1ccc(Br)cc1. The molecule has 2 rings (SSSR count). The van der Waals surface area contributed by atoms with Crippen LogP contribution in [-0.4, -0.2) is 31.1 Å². The number of benzene rings is 1. The van der Waals surface area contributed by atoms with Crippen molar-refractivity contribution >= 4 is 15.9 Å². The van der Waals surface area contributed by atoms with Gasteiger partial charge >= 0.3 is 0 Å². The van der Waals surface area contributed by atoms with Crippen molar-refractivity contribution in [3.05, 3.63) is 34.3 Å². The molecule has 1 aromatic rings. The number of hydrogen-bond donors (Lipinski definition) is 1. The van der Waals surface area contributed by atoms with Crippen LogP contribution in [0.1, 0.15) is 37.8 Å². The standard InChI is InChI=1S/C15H23BrN2/c1-13(14-5-7-15(16)8-6-14)17-9-4-12-18-10-2-3-11-18/h5-8,13,17H,2-4,9-12H2,1H3/t13-/m1/s1.